The third-order valence-corrected chi connectivity index (χ3v) is 3.82. The van der Waals surface area contributed by atoms with E-state index in [9.17, 15) is 15.0 Å². The van der Waals surface area contributed by atoms with Crippen LogP contribution in [0.25, 0.3) is 0 Å². The van der Waals surface area contributed by atoms with Gasteiger partial charge in [-0.2, -0.15) is 0 Å². The predicted octanol–water partition coefficient (Wildman–Crippen LogP) is 0.223. The quantitative estimate of drug-likeness (QED) is 0.255. The van der Waals surface area contributed by atoms with E-state index in [1.165, 1.54) is 19.3 Å². The van der Waals surface area contributed by atoms with Crippen LogP contribution in [0.1, 0.15) is 45.4 Å². The lowest BCUT2D eigenvalue weighted by Gasteiger charge is -2.18. The van der Waals surface area contributed by atoms with Gasteiger partial charge in [0, 0.05) is 0 Å². The molecule has 0 aromatic heterocycles. The molecule has 0 bridgehead atoms. The Morgan fingerprint density at radius 2 is 1.72 bits per heavy atom. The van der Waals surface area contributed by atoms with Gasteiger partial charge in [0.15, 0.2) is 11.9 Å². The normalized spacial score (nSPS) is 19.7. The van der Waals surface area contributed by atoms with Gasteiger partial charge in [0.1, 0.15) is 18.8 Å². The molecule has 8 nitrogen and oxygen atoms in total. The van der Waals surface area contributed by atoms with Crippen LogP contribution in [0.2, 0.25) is 0 Å². The van der Waals surface area contributed by atoms with E-state index in [4.69, 9.17) is 24.4 Å². The van der Waals surface area contributed by atoms with E-state index in [0.717, 1.165) is 19.3 Å². The van der Waals surface area contributed by atoms with Crippen molar-refractivity contribution in [3.63, 3.8) is 0 Å². The SMILES string of the molecule is CCCCCCCCOC1=C(OC[C@@H](O)CO)C(=O)O[C@@H]1[C@@H](O)CO. The summed E-state index contributed by atoms with van der Waals surface area (Å²) >= 11 is 0. The predicted molar refractivity (Wildman–Crippen MR) is 88.4 cm³/mol. The van der Waals surface area contributed by atoms with Crippen LogP contribution >= 0.6 is 0 Å². The minimum Gasteiger partial charge on any atom is -0.490 e. The van der Waals surface area contributed by atoms with Crippen molar-refractivity contribution < 1.29 is 39.4 Å². The molecule has 0 unspecified atom stereocenters. The van der Waals surface area contributed by atoms with Gasteiger partial charge in [0.25, 0.3) is 0 Å². The van der Waals surface area contributed by atoms with Gasteiger partial charge in [-0.1, -0.05) is 39.0 Å². The number of rotatable bonds is 14. The maximum Gasteiger partial charge on any atom is 0.378 e. The number of aliphatic hydroxyl groups is 4. The minimum atomic E-state index is -1.33. The van der Waals surface area contributed by atoms with E-state index in [0.29, 0.717) is 6.61 Å². The Labute approximate surface area is 148 Å². The van der Waals surface area contributed by atoms with Crippen LogP contribution in [0.3, 0.4) is 0 Å². The van der Waals surface area contributed by atoms with Crippen LogP contribution in [0.4, 0.5) is 0 Å². The number of hydrogen-bond donors (Lipinski definition) is 4. The second-order valence-corrected chi connectivity index (χ2v) is 6.03. The zero-order valence-electron chi connectivity index (χ0n) is 14.7. The fourth-order valence-electron chi connectivity index (χ4n) is 2.38. The van der Waals surface area contributed by atoms with Crippen molar-refractivity contribution in [2.24, 2.45) is 0 Å². The summed E-state index contributed by atoms with van der Waals surface area (Å²) in [5.41, 5.74) is 0. The molecule has 0 aliphatic carbocycles. The Balaban J connectivity index is 2.62. The van der Waals surface area contributed by atoms with Crippen LogP contribution in [-0.4, -0.2) is 71.1 Å². The highest BCUT2D eigenvalue weighted by atomic mass is 16.6. The lowest BCUT2D eigenvalue weighted by atomic mass is 10.1. The fourth-order valence-corrected chi connectivity index (χ4v) is 2.38. The maximum atomic E-state index is 11.9. The van der Waals surface area contributed by atoms with Gasteiger partial charge in [-0.15, -0.1) is 0 Å². The molecule has 0 fully saturated rings. The second kappa shape index (κ2) is 12.1. The average Bonchev–Trinajstić information content (AvgIpc) is 2.93. The highest BCUT2D eigenvalue weighted by Crippen LogP contribution is 2.27. The highest BCUT2D eigenvalue weighted by Gasteiger charge is 2.42. The number of ether oxygens (including phenoxy) is 3. The first-order valence-corrected chi connectivity index (χ1v) is 8.83. The molecule has 1 heterocycles. The highest BCUT2D eigenvalue weighted by molar-refractivity contribution is 5.89. The fraction of sp³-hybridized carbons (Fsp3) is 0.824. The topological polar surface area (TPSA) is 126 Å². The van der Waals surface area contributed by atoms with Crippen molar-refractivity contribution >= 4 is 5.97 Å². The number of carbonyl (C=O) groups excluding carboxylic acids is 1. The molecule has 0 radical (unpaired) electrons. The summed E-state index contributed by atoms with van der Waals surface area (Å²) in [4.78, 5) is 11.9. The molecule has 8 heteroatoms. The smallest absolute Gasteiger partial charge is 0.378 e. The Morgan fingerprint density at radius 1 is 1.04 bits per heavy atom. The monoisotopic (exact) mass is 362 g/mol. The number of cyclic esters (lactones) is 1. The minimum absolute atomic E-state index is 0.0187. The number of aliphatic hydroxyl groups excluding tert-OH is 4. The number of hydrogen-bond acceptors (Lipinski definition) is 8. The van der Waals surface area contributed by atoms with E-state index in [2.05, 4.69) is 6.92 Å². The molecule has 0 aromatic carbocycles. The lowest BCUT2D eigenvalue weighted by Crippen LogP contribution is -2.32. The van der Waals surface area contributed by atoms with E-state index in [1.807, 2.05) is 0 Å². The van der Waals surface area contributed by atoms with Crippen molar-refractivity contribution in [2.75, 3.05) is 26.4 Å². The van der Waals surface area contributed by atoms with E-state index < -0.39 is 37.5 Å². The van der Waals surface area contributed by atoms with Crippen LogP contribution in [0, 0.1) is 0 Å². The van der Waals surface area contributed by atoms with E-state index in [1.54, 1.807) is 0 Å². The van der Waals surface area contributed by atoms with Gasteiger partial charge in [-0.25, -0.2) is 4.79 Å². The molecule has 1 rings (SSSR count). The molecule has 1 aliphatic rings. The van der Waals surface area contributed by atoms with Gasteiger partial charge in [-0.3, -0.25) is 0 Å². The van der Waals surface area contributed by atoms with Crippen molar-refractivity contribution in [1.29, 1.82) is 0 Å². The van der Waals surface area contributed by atoms with Crippen molar-refractivity contribution in [3.8, 4) is 0 Å². The largest absolute Gasteiger partial charge is 0.490 e. The molecule has 25 heavy (non-hydrogen) atoms. The molecule has 1 aliphatic heterocycles. The lowest BCUT2D eigenvalue weighted by molar-refractivity contribution is -0.149. The number of esters is 1. The zero-order valence-corrected chi connectivity index (χ0v) is 14.7. The first-order chi connectivity index (χ1) is 12.0. The molecule has 3 atom stereocenters. The molecular formula is C17H30O8. The number of carbonyl (C=O) groups is 1. The molecule has 0 aromatic rings. The van der Waals surface area contributed by atoms with Gasteiger partial charge in [0.05, 0.1) is 19.8 Å². The number of unbranched alkanes of at least 4 members (excludes halogenated alkanes) is 5. The van der Waals surface area contributed by atoms with Crippen LogP contribution in [0.15, 0.2) is 11.5 Å². The maximum absolute atomic E-state index is 11.9. The summed E-state index contributed by atoms with van der Waals surface area (Å²) in [6, 6.07) is 0. The van der Waals surface area contributed by atoms with Crippen molar-refractivity contribution in [3.05, 3.63) is 11.5 Å². The molecule has 146 valence electrons. The van der Waals surface area contributed by atoms with Gasteiger partial charge in [0.2, 0.25) is 5.76 Å². The Kier molecular flexibility index (Phi) is 10.5. The summed E-state index contributed by atoms with van der Waals surface area (Å²) < 4.78 is 15.8. The molecule has 0 spiro atoms. The second-order valence-electron chi connectivity index (χ2n) is 6.03. The first kappa shape index (κ1) is 21.7. The molecule has 0 saturated carbocycles. The Hall–Kier alpha value is -1.35. The summed E-state index contributed by atoms with van der Waals surface area (Å²) in [5, 5.41) is 37.1. The summed E-state index contributed by atoms with van der Waals surface area (Å²) in [6.45, 7) is 1.04. The summed E-state index contributed by atoms with van der Waals surface area (Å²) in [6.07, 6.45) is 2.77. The van der Waals surface area contributed by atoms with Crippen molar-refractivity contribution in [1.82, 2.24) is 0 Å². The van der Waals surface area contributed by atoms with E-state index >= 15 is 0 Å². The standard InChI is InChI=1S/C17H30O8/c1-2-3-4-5-6-7-8-23-15-14(13(21)10-19)25-17(22)16(15)24-11-12(20)9-18/h12-14,18-21H,2-11H2,1H3/t12-,13-,14+/m0/s1. The summed E-state index contributed by atoms with van der Waals surface area (Å²) in [5.74, 6) is -1.05. The van der Waals surface area contributed by atoms with Crippen LogP contribution < -0.4 is 0 Å². The third kappa shape index (κ3) is 7.19. The zero-order chi connectivity index (χ0) is 18.7. The first-order valence-electron chi connectivity index (χ1n) is 8.83. The molecular weight excluding hydrogens is 332 g/mol. The summed E-state index contributed by atoms with van der Waals surface area (Å²) in [7, 11) is 0. The van der Waals surface area contributed by atoms with Gasteiger partial charge >= 0.3 is 5.97 Å². The van der Waals surface area contributed by atoms with Crippen LogP contribution in [0.5, 0.6) is 0 Å². The molecule has 4 N–H and O–H groups in total. The Morgan fingerprint density at radius 3 is 2.36 bits per heavy atom. The molecule has 0 saturated heterocycles. The van der Waals surface area contributed by atoms with E-state index in [-0.39, 0.29) is 18.1 Å². The van der Waals surface area contributed by atoms with Crippen LogP contribution in [-0.2, 0) is 19.0 Å². The Bertz CT molecular complexity index is 423. The average molecular weight is 362 g/mol. The third-order valence-electron chi connectivity index (χ3n) is 3.82. The molecule has 0 amide bonds. The van der Waals surface area contributed by atoms with Gasteiger partial charge in [-0.05, 0) is 6.42 Å². The van der Waals surface area contributed by atoms with Gasteiger partial charge < -0.3 is 34.6 Å². The van der Waals surface area contributed by atoms with Crippen molar-refractivity contribution in [2.45, 2.75) is 63.8 Å².